The zero-order valence-corrected chi connectivity index (χ0v) is 20.1. The summed E-state index contributed by atoms with van der Waals surface area (Å²) < 4.78 is 13.9. The van der Waals surface area contributed by atoms with Gasteiger partial charge in [0.15, 0.2) is 5.82 Å². The minimum absolute atomic E-state index is 0.296. The summed E-state index contributed by atoms with van der Waals surface area (Å²) in [5.41, 5.74) is 7.93. The largest absolute Gasteiger partial charge is 0.370 e. The summed E-state index contributed by atoms with van der Waals surface area (Å²) in [5, 5.41) is 8.67. The van der Waals surface area contributed by atoms with Crippen LogP contribution < -0.4 is 4.90 Å². The zero-order chi connectivity index (χ0) is 24.8. The molecule has 0 saturated carbocycles. The Morgan fingerprint density at radius 2 is 1.68 bits per heavy atom. The summed E-state index contributed by atoms with van der Waals surface area (Å²) >= 11 is 0. The number of halogens is 1. The number of fused-ring (bicyclic) bond motifs is 2. The van der Waals surface area contributed by atoms with Crippen LogP contribution >= 0.6 is 0 Å². The van der Waals surface area contributed by atoms with Crippen molar-refractivity contribution in [3.8, 4) is 33.8 Å². The van der Waals surface area contributed by atoms with Crippen LogP contribution in [0.3, 0.4) is 0 Å². The van der Waals surface area contributed by atoms with Gasteiger partial charge in [-0.2, -0.15) is 5.10 Å². The molecule has 6 aromatic rings. The lowest BCUT2D eigenvalue weighted by Crippen LogP contribution is -2.29. The second-order valence-electron chi connectivity index (χ2n) is 9.49. The van der Waals surface area contributed by atoms with Crippen LogP contribution in [0, 0.1) is 5.82 Å². The van der Waals surface area contributed by atoms with Gasteiger partial charge in [-0.05, 0) is 60.7 Å². The Balaban J connectivity index is 1.30. The molecule has 1 aliphatic rings. The molecule has 2 N–H and O–H groups in total. The van der Waals surface area contributed by atoms with Crippen LogP contribution in [0.2, 0.25) is 0 Å². The van der Waals surface area contributed by atoms with Crippen LogP contribution in [0.4, 0.5) is 10.1 Å². The van der Waals surface area contributed by atoms with Crippen LogP contribution in [-0.2, 0) is 0 Å². The monoisotopic (exact) mass is 489 g/mol. The molecule has 5 heterocycles. The van der Waals surface area contributed by atoms with Crippen molar-refractivity contribution in [3.63, 3.8) is 0 Å². The Hall–Kier alpha value is -4.59. The van der Waals surface area contributed by atoms with Crippen molar-refractivity contribution in [2.75, 3.05) is 18.0 Å². The van der Waals surface area contributed by atoms with Crippen molar-refractivity contribution in [2.45, 2.75) is 19.3 Å². The predicted molar refractivity (Wildman–Crippen MR) is 144 cm³/mol. The molecule has 0 amide bonds. The van der Waals surface area contributed by atoms with Crippen LogP contribution in [0.5, 0.6) is 0 Å². The van der Waals surface area contributed by atoms with E-state index >= 15 is 0 Å². The van der Waals surface area contributed by atoms with E-state index in [0.717, 1.165) is 63.0 Å². The summed E-state index contributed by atoms with van der Waals surface area (Å²) in [6.45, 7) is 2.16. The lowest BCUT2D eigenvalue weighted by atomic mass is 10.0. The summed E-state index contributed by atoms with van der Waals surface area (Å²) in [6, 6.07) is 14.9. The van der Waals surface area contributed by atoms with Crippen LogP contribution in [0.15, 0.2) is 73.3 Å². The molecule has 7 rings (SSSR count). The molecule has 2 aromatic carbocycles. The maximum Gasteiger partial charge on any atom is 0.159 e. The maximum atomic E-state index is 13.9. The molecule has 7 nitrogen and oxygen atoms in total. The Morgan fingerprint density at radius 1 is 0.784 bits per heavy atom. The highest BCUT2D eigenvalue weighted by molar-refractivity contribution is 5.98. The third-order valence-electron chi connectivity index (χ3n) is 7.10. The molecule has 4 aromatic heterocycles. The number of benzene rings is 2. The average Bonchev–Trinajstić information content (AvgIpc) is 3.57. The number of aromatic nitrogens is 6. The first kappa shape index (κ1) is 21.7. The van der Waals surface area contributed by atoms with Crippen molar-refractivity contribution in [2.24, 2.45) is 0 Å². The van der Waals surface area contributed by atoms with Gasteiger partial charge in [0.1, 0.15) is 11.5 Å². The molecule has 0 atom stereocenters. The maximum absolute atomic E-state index is 13.9. The number of hydrogen-bond donors (Lipinski definition) is 2. The second kappa shape index (κ2) is 8.81. The number of aromatic amines is 2. The summed E-state index contributed by atoms with van der Waals surface area (Å²) in [7, 11) is 0. The number of imidazole rings is 1. The SMILES string of the molecule is Fc1cccc(-c2cncc3[nH]c(-c4n[nH]c5ccc(-c6cncc(N7CCCCC7)c6)cc45)nc23)c1. The summed E-state index contributed by atoms with van der Waals surface area (Å²) in [6.07, 6.45) is 11.1. The number of piperidine rings is 1. The fourth-order valence-corrected chi connectivity index (χ4v) is 5.20. The van der Waals surface area contributed by atoms with Crippen LogP contribution in [0.1, 0.15) is 19.3 Å². The number of hydrogen-bond acceptors (Lipinski definition) is 5. The normalized spacial score (nSPS) is 14.0. The minimum Gasteiger partial charge on any atom is -0.370 e. The van der Waals surface area contributed by atoms with E-state index in [1.807, 2.05) is 24.5 Å². The molecular weight excluding hydrogens is 465 g/mol. The van der Waals surface area contributed by atoms with Gasteiger partial charge in [-0.3, -0.25) is 15.1 Å². The lowest BCUT2D eigenvalue weighted by molar-refractivity contribution is 0.577. The Bertz CT molecular complexity index is 1750. The Labute approximate surface area is 212 Å². The third kappa shape index (κ3) is 3.91. The van der Waals surface area contributed by atoms with E-state index in [-0.39, 0.29) is 5.82 Å². The Kier molecular flexibility index (Phi) is 5.16. The number of nitrogens with zero attached hydrogens (tertiary/aromatic N) is 5. The fraction of sp³-hybridized carbons (Fsp3) is 0.172. The van der Waals surface area contributed by atoms with E-state index in [4.69, 9.17) is 4.98 Å². The third-order valence-corrected chi connectivity index (χ3v) is 7.10. The van der Waals surface area contributed by atoms with Gasteiger partial charge in [0, 0.05) is 42.0 Å². The van der Waals surface area contributed by atoms with E-state index in [2.05, 4.69) is 48.2 Å². The van der Waals surface area contributed by atoms with E-state index < -0.39 is 0 Å². The quantitative estimate of drug-likeness (QED) is 0.301. The standard InChI is InChI=1S/C29H24FN7/c30-21-6-4-5-19(11-21)24-16-32-17-26-27(24)34-29(33-26)28-23-13-18(7-8-25(23)35-36-28)20-12-22(15-31-14-20)37-9-2-1-3-10-37/h4-8,11-17H,1-3,9-10H2,(H,33,34)(H,35,36). The zero-order valence-electron chi connectivity index (χ0n) is 20.1. The molecule has 0 spiro atoms. The van der Waals surface area contributed by atoms with Gasteiger partial charge >= 0.3 is 0 Å². The molecule has 1 fully saturated rings. The molecule has 0 unspecified atom stereocenters. The molecule has 37 heavy (non-hydrogen) atoms. The van der Waals surface area contributed by atoms with Gasteiger partial charge in [0.2, 0.25) is 0 Å². The van der Waals surface area contributed by atoms with Crippen LogP contribution in [0.25, 0.3) is 55.7 Å². The second-order valence-corrected chi connectivity index (χ2v) is 9.49. The number of pyridine rings is 2. The van der Waals surface area contributed by atoms with Crippen molar-refractivity contribution >= 4 is 27.6 Å². The summed E-state index contributed by atoms with van der Waals surface area (Å²) in [5.74, 6) is 0.333. The van der Waals surface area contributed by atoms with Crippen molar-refractivity contribution in [1.82, 2.24) is 30.1 Å². The van der Waals surface area contributed by atoms with Gasteiger partial charge in [0.05, 0.1) is 34.6 Å². The van der Waals surface area contributed by atoms with Crippen molar-refractivity contribution < 1.29 is 4.39 Å². The molecule has 0 aliphatic carbocycles. The number of nitrogens with one attached hydrogen (secondary N) is 2. The van der Waals surface area contributed by atoms with E-state index in [1.165, 1.54) is 37.1 Å². The highest BCUT2D eigenvalue weighted by Crippen LogP contribution is 2.33. The molecule has 8 heteroatoms. The first-order valence-corrected chi connectivity index (χ1v) is 12.5. The highest BCUT2D eigenvalue weighted by Gasteiger charge is 2.17. The van der Waals surface area contributed by atoms with Gasteiger partial charge < -0.3 is 9.88 Å². The van der Waals surface area contributed by atoms with Gasteiger partial charge in [0.25, 0.3) is 0 Å². The minimum atomic E-state index is -0.296. The highest BCUT2D eigenvalue weighted by atomic mass is 19.1. The van der Waals surface area contributed by atoms with E-state index in [1.54, 1.807) is 18.5 Å². The predicted octanol–water partition coefficient (Wildman–Crippen LogP) is 6.36. The van der Waals surface area contributed by atoms with E-state index in [0.29, 0.717) is 5.82 Å². The molecule has 0 bridgehead atoms. The average molecular weight is 490 g/mol. The smallest absolute Gasteiger partial charge is 0.159 e. The number of anilines is 1. The molecular formula is C29H24FN7. The van der Waals surface area contributed by atoms with Crippen molar-refractivity contribution in [3.05, 3.63) is 79.1 Å². The first-order valence-electron chi connectivity index (χ1n) is 12.5. The number of rotatable bonds is 4. The molecule has 1 saturated heterocycles. The van der Waals surface area contributed by atoms with Crippen molar-refractivity contribution in [1.29, 1.82) is 0 Å². The van der Waals surface area contributed by atoms with E-state index in [9.17, 15) is 4.39 Å². The fourth-order valence-electron chi connectivity index (χ4n) is 5.20. The molecule has 0 radical (unpaired) electrons. The van der Waals surface area contributed by atoms with Gasteiger partial charge in [-0.1, -0.05) is 18.2 Å². The Morgan fingerprint density at radius 3 is 2.57 bits per heavy atom. The summed E-state index contributed by atoms with van der Waals surface area (Å²) in [4.78, 5) is 19.5. The lowest BCUT2D eigenvalue weighted by Gasteiger charge is -2.28. The molecule has 1 aliphatic heterocycles. The number of H-pyrrole nitrogens is 2. The van der Waals surface area contributed by atoms with Crippen LogP contribution in [-0.4, -0.2) is 43.2 Å². The molecule has 182 valence electrons. The van der Waals surface area contributed by atoms with Gasteiger partial charge in [-0.15, -0.1) is 0 Å². The topological polar surface area (TPSA) is 86.4 Å². The first-order chi connectivity index (χ1) is 18.2. The van der Waals surface area contributed by atoms with Gasteiger partial charge in [-0.25, -0.2) is 9.37 Å².